The average molecular weight is 254 g/mol. The van der Waals surface area contributed by atoms with Gasteiger partial charge in [-0.2, -0.15) is 13.2 Å². The molecule has 0 aromatic carbocycles. The molecular weight excluding hydrogens is 233 g/mol. The Hall–Kier alpha value is -0.330. The molecule has 1 saturated heterocycles. The van der Waals surface area contributed by atoms with Crippen LogP contribution in [0.3, 0.4) is 0 Å². The molecule has 0 spiro atoms. The highest BCUT2D eigenvalue weighted by molar-refractivity contribution is 4.93. The van der Waals surface area contributed by atoms with Gasteiger partial charge in [-0.1, -0.05) is 0 Å². The van der Waals surface area contributed by atoms with Crippen LogP contribution in [-0.4, -0.2) is 68.0 Å². The maximum Gasteiger partial charge on any atom is 0.405 e. The first kappa shape index (κ1) is 14.7. The number of rotatable bonds is 3. The molecular formula is C11H21F3N2O. The molecule has 1 aliphatic rings. The summed E-state index contributed by atoms with van der Waals surface area (Å²) in [5.74, 6) is 0. The average Bonchev–Trinajstić information content (AvgIpc) is 2.15. The van der Waals surface area contributed by atoms with E-state index in [0.717, 1.165) is 0 Å². The van der Waals surface area contributed by atoms with Gasteiger partial charge >= 0.3 is 6.18 Å². The standard InChI is InChI=1S/C11H21F3N2O/c1-8(2)16-9(7-17-4)5-15(3)6-10(16)11(12,13)14/h8-10H,5-7H2,1-4H3. The summed E-state index contributed by atoms with van der Waals surface area (Å²) >= 11 is 0. The van der Waals surface area contributed by atoms with Crippen LogP contribution in [0.1, 0.15) is 13.8 Å². The van der Waals surface area contributed by atoms with Gasteiger partial charge in [0.25, 0.3) is 0 Å². The molecule has 1 fully saturated rings. The van der Waals surface area contributed by atoms with Gasteiger partial charge < -0.3 is 9.64 Å². The smallest absolute Gasteiger partial charge is 0.383 e. The van der Waals surface area contributed by atoms with Crippen molar-refractivity contribution in [1.29, 1.82) is 0 Å². The second-order valence-corrected chi connectivity index (χ2v) is 4.93. The molecule has 0 radical (unpaired) electrons. The molecule has 17 heavy (non-hydrogen) atoms. The van der Waals surface area contributed by atoms with Crippen molar-refractivity contribution in [1.82, 2.24) is 9.80 Å². The van der Waals surface area contributed by atoms with Gasteiger partial charge in [-0.3, -0.25) is 4.90 Å². The van der Waals surface area contributed by atoms with Crippen LogP contribution in [0.2, 0.25) is 0 Å². The number of alkyl halides is 3. The largest absolute Gasteiger partial charge is 0.405 e. The van der Waals surface area contributed by atoms with Gasteiger partial charge in [-0.25, -0.2) is 0 Å². The van der Waals surface area contributed by atoms with Crippen molar-refractivity contribution in [3.8, 4) is 0 Å². The van der Waals surface area contributed by atoms with Crippen LogP contribution in [0.15, 0.2) is 0 Å². The SMILES string of the molecule is COCC1CN(C)CC(C(F)(F)F)N1C(C)C. The highest BCUT2D eigenvalue weighted by Crippen LogP contribution is 2.31. The summed E-state index contributed by atoms with van der Waals surface area (Å²) in [5, 5.41) is 0. The highest BCUT2D eigenvalue weighted by atomic mass is 19.4. The van der Waals surface area contributed by atoms with E-state index in [0.29, 0.717) is 13.2 Å². The number of ether oxygens (including phenoxy) is 1. The zero-order chi connectivity index (χ0) is 13.2. The molecule has 0 N–H and O–H groups in total. The third-order valence-electron chi connectivity index (χ3n) is 3.12. The Labute approximate surface area is 101 Å². The number of halogens is 3. The van der Waals surface area contributed by atoms with Crippen LogP contribution in [0.4, 0.5) is 13.2 Å². The summed E-state index contributed by atoms with van der Waals surface area (Å²) in [6.45, 7) is 4.56. The van der Waals surface area contributed by atoms with Crippen LogP contribution in [0.5, 0.6) is 0 Å². The maximum atomic E-state index is 13.0. The Morgan fingerprint density at radius 3 is 2.29 bits per heavy atom. The van der Waals surface area contributed by atoms with Gasteiger partial charge in [-0.05, 0) is 20.9 Å². The molecule has 0 bridgehead atoms. The van der Waals surface area contributed by atoms with Crippen molar-refractivity contribution in [2.24, 2.45) is 0 Å². The van der Waals surface area contributed by atoms with Crippen LogP contribution in [0, 0.1) is 0 Å². The van der Waals surface area contributed by atoms with Gasteiger partial charge in [0, 0.05) is 32.3 Å². The maximum absolute atomic E-state index is 13.0. The van der Waals surface area contributed by atoms with Crippen LogP contribution in [-0.2, 0) is 4.74 Å². The van der Waals surface area contributed by atoms with Crippen molar-refractivity contribution in [2.45, 2.75) is 38.1 Å². The van der Waals surface area contributed by atoms with Gasteiger partial charge in [-0.15, -0.1) is 0 Å². The van der Waals surface area contributed by atoms with E-state index in [2.05, 4.69) is 0 Å². The molecule has 3 nitrogen and oxygen atoms in total. The number of methoxy groups -OCH3 is 1. The number of piperazine rings is 1. The molecule has 1 aliphatic heterocycles. The molecule has 0 aromatic heterocycles. The van der Waals surface area contributed by atoms with Crippen molar-refractivity contribution in [3.63, 3.8) is 0 Å². The lowest BCUT2D eigenvalue weighted by Crippen LogP contribution is -2.65. The fraction of sp³-hybridized carbons (Fsp3) is 1.00. The minimum atomic E-state index is -4.19. The molecule has 2 unspecified atom stereocenters. The Morgan fingerprint density at radius 1 is 1.29 bits per heavy atom. The Morgan fingerprint density at radius 2 is 1.88 bits per heavy atom. The summed E-state index contributed by atoms with van der Waals surface area (Å²) in [6, 6.07) is -1.75. The second kappa shape index (κ2) is 5.54. The van der Waals surface area contributed by atoms with E-state index in [9.17, 15) is 13.2 Å². The summed E-state index contributed by atoms with van der Waals surface area (Å²) in [7, 11) is 3.24. The molecule has 0 aromatic rings. The topological polar surface area (TPSA) is 15.7 Å². The first-order valence-electron chi connectivity index (χ1n) is 5.79. The first-order valence-corrected chi connectivity index (χ1v) is 5.79. The number of nitrogens with zero attached hydrogens (tertiary/aromatic N) is 2. The fourth-order valence-electron chi connectivity index (χ4n) is 2.56. The van der Waals surface area contributed by atoms with Gasteiger partial charge in [0.15, 0.2) is 0 Å². The molecule has 0 saturated carbocycles. The monoisotopic (exact) mass is 254 g/mol. The molecule has 1 heterocycles. The van der Waals surface area contributed by atoms with Crippen LogP contribution >= 0.6 is 0 Å². The van der Waals surface area contributed by atoms with E-state index in [1.165, 1.54) is 12.0 Å². The quantitative estimate of drug-likeness (QED) is 0.760. The molecule has 0 aliphatic carbocycles. The van der Waals surface area contributed by atoms with Crippen molar-refractivity contribution >= 4 is 0 Å². The number of hydrogen-bond donors (Lipinski definition) is 0. The zero-order valence-electron chi connectivity index (χ0n) is 10.8. The highest BCUT2D eigenvalue weighted by Gasteiger charge is 2.49. The summed E-state index contributed by atoms with van der Waals surface area (Å²) in [4.78, 5) is 3.25. The van der Waals surface area contributed by atoms with Gasteiger partial charge in [0.2, 0.25) is 0 Å². The normalized spacial score (nSPS) is 28.9. The third kappa shape index (κ3) is 3.56. The minimum Gasteiger partial charge on any atom is -0.383 e. The second-order valence-electron chi connectivity index (χ2n) is 4.93. The van der Waals surface area contributed by atoms with E-state index in [1.54, 1.807) is 25.8 Å². The zero-order valence-corrected chi connectivity index (χ0v) is 10.8. The van der Waals surface area contributed by atoms with Crippen molar-refractivity contribution in [3.05, 3.63) is 0 Å². The Balaban J connectivity index is 2.92. The van der Waals surface area contributed by atoms with E-state index < -0.39 is 12.2 Å². The lowest BCUT2D eigenvalue weighted by atomic mass is 10.0. The lowest BCUT2D eigenvalue weighted by molar-refractivity contribution is -0.213. The first-order chi connectivity index (χ1) is 7.77. The predicted octanol–water partition coefficient (Wildman–Crippen LogP) is 1.59. The van der Waals surface area contributed by atoms with Crippen LogP contribution < -0.4 is 0 Å². The lowest BCUT2D eigenvalue weighted by Gasteiger charge is -2.48. The third-order valence-corrected chi connectivity index (χ3v) is 3.12. The van der Waals surface area contributed by atoms with Crippen LogP contribution in [0.25, 0.3) is 0 Å². The Kier molecular flexibility index (Phi) is 4.80. The van der Waals surface area contributed by atoms with Crippen molar-refractivity contribution in [2.75, 3.05) is 33.9 Å². The summed E-state index contributed by atoms with van der Waals surface area (Å²) in [5.41, 5.74) is 0. The molecule has 102 valence electrons. The molecule has 0 amide bonds. The number of likely N-dealkylation sites (N-methyl/N-ethyl adjacent to an activating group) is 1. The Bertz CT molecular complexity index is 245. The summed E-state index contributed by atoms with van der Waals surface area (Å²) in [6.07, 6.45) is -4.19. The van der Waals surface area contributed by atoms with E-state index >= 15 is 0 Å². The predicted molar refractivity (Wildman–Crippen MR) is 60.0 cm³/mol. The number of hydrogen-bond acceptors (Lipinski definition) is 3. The fourth-order valence-corrected chi connectivity index (χ4v) is 2.56. The van der Waals surface area contributed by atoms with Gasteiger partial charge in [0.05, 0.1) is 6.61 Å². The van der Waals surface area contributed by atoms with E-state index in [1.807, 2.05) is 0 Å². The molecule has 1 rings (SSSR count). The summed E-state index contributed by atoms with van der Waals surface area (Å²) < 4.78 is 44.1. The molecule has 6 heteroatoms. The van der Waals surface area contributed by atoms with E-state index in [4.69, 9.17) is 4.74 Å². The van der Waals surface area contributed by atoms with Gasteiger partial charge in [0.1, 0.15) is 6.04 Å². The van der Waals surface area contributed by atoms with E-state index in [-0.39, 0.29) is 18.6 Å². The van der Waals surface area contributed by atoms with Crippen molar-refractivity contribution < 1.29 is 17.9 Å². The molecule has 2 atom stereocenters. The minimum absolute atomic E-state index is 0.0297.